The van der Waals surface area contributed by atoms with Gasteiger partial charge < -0.3 is 34.7 Å². The minimum Gasteiger partial charge on any atom is -0.377 e. The Hall–Kier alpha value is -0.770. The Balaban J connectivity index is 3.01. The molecular formula is C12H26N2O6. The third-order valence-corrected chi connectivity index (χ3v) is 2.08. The van der Waals surface area contributed by atoms with E-state index in [9.17, 15) is 4.79 Å². The zero-order valence-corrected chi connectivity index (χ0v) is 12.1. The van der Waals surface area contributed by atoms with Crippen molar-refractivity contribution in [2.45, 2.75) is 0 Å². The summed E-state index contributed by atoms with van der Waals surface area (Å²) in [6.45, 7) is 4.20. The normalized spacial score (nSPS) is 10.7. The summed E-state index contributed by atoms with van der Waals surface area (Å²) < 4.78 is 25.3. The average Bonchev–Trinajstić information content (AvgIpc) is 2.44. The van der Waals surface area contributed by atoms with Crippen molar-refractivity contribution in [3.8, 4) is 0 Å². The van der Waals surface area contributed by atoms with Crippen LogP contribution < -0.4 is 11.1 Å². The van der Waals surface area contributed by atoms with Gasteiger partial charge in [-0.15, -0.1) is 0 Å². The van der Waals surface area contributed by atoms with E-state index in [0.29, 0.717) is 52.8 Å². The lowest BCUT2D eigenvalue weighted by Gasteiger charge is -2.07. The monoisotopic (exact) mass is 294 g/mol. The van der Waals surface area contributed by atoms with Crippen LogP contribution in [0.2, 0.25) is 0 Å². The molecule has 0 rings (SSSR count). The quantitative estimate of drug-likeness (QED) is 0.287. The third kappa shape index (κ3) is 15.3. The van der Waals surface area contributed by atoms with E-state index >= 15 is 0 Å². The molecule has 20 heavy (non-hydrogen) atoms. The van der Waals surface area contributed by atoms with Crippen LogP contribution in [0, 0.1) is 0 Å². The van der Waals surface area contributed by atoms with E-state index in [1.54, 1.807) is 0 Å². The zero-order chi connectivity index (χ0) is 14.9. The lowest BCUT2D eigenvalue weighted by atomic mass is 10.6. The molecule has 0 aliphatic rings. The van der Waals surface area contributed by atoms with Crippen LogP contribution in [0.4, 0.5) is 0 Å². The molecule has 8 nitrogen and oxygen atoms in total. The molecule has 0 saturated carbocycles. The Kier molecular flexibility index (Phi) is 15.7. The van der Waals surface area contributed by atoms with Gasteiger partial charge in [-0.3, -0.25) is 4.79 Å². The van der Waals surface area contributed by atoms with Crippen molar-refractivity contribution in [3.63, 3.8) is 0 Å². The summed E-state index contributed by atoms with van der Waals surface area (Å²) in [4.78, 5) is 11.0. The standard InChI is InChI=1S/C12H26N2O6/c1-16-10-12(15)14-2-3-17-4-5-18-6-7-19-8-9-20-11-13/h2-11,13H2,1H3,(H,14,15). The number of methoxy groups -OCH3 is 1. The van der Waals surface area contributed by atoms with Crippen LogP contribution in [0.15, 0.2) is 0 Å². The summed E-state index contributed by atoms with van der Waals surface area (Å²) in [5, 5.41) is 2.65. The second-order valence-electron chi connectivity index (χ2n) is 3.69. The maximum atomic E-state index is 11.0. The summed E-state index contributed by atoms with van der Waals surface area (Å²) in [5.74, 6) is -0.150. The van der Waals surface area contributed by atoms with E-state index in [-0.39, 0.29) is 19.2 Å². The predicted octanol–water partition coefficient (Wildman–Crippen LogP) is -1.27. The van der Waals surface area contributed by atoms with E-state index < -0.39 is 0 Å². The topological polar surface area (TPSA) is 101 Å². The molecule has 0 saturated heterocycles. The molecule has 0 unspecified atom stereocenters. The molecule has 3 N–H and O–H groups in total. The molecular weight excluding hydrogens is 268 g/mol. The van der Waals surface area contributed by atoms with Gasteiger partial charge in [0.15, 0.2) is 0 Å². The number of amides is 1. The second kappa shape index (κ2) is 16.3. The predicted molar refractivity (Wildman–Crippen MR) is 72.3 cm³/mol. The number of carbonyl (C=O) groups excluding carboxylic acids is 1. The van der Waals surface area contributed by atoms with Crippen molar-refractivity contribution in [2.75, 3.05) is 73.2 Å². The highest BCUT2D eigenvalue weighted by Crippen LogP contribution is 1.82. The SMILES string of the molecule is COCC(=O)NCCOCCOCCOCCOCN. The first-order valence-corrected chi connectivity index (χ1v) is 6.58. The smallest absolute Gasteiger partial charge is 0.246 e. The number of nitrogens with two attached hydrogens (primary N) is 1. The first-order valence-electron chi connectivity index (χ1n) is 6.58. The van der Waals surface area contributed by atoms with E-state index in [1.165, 1.54) is 7.11 Å². The highest BCUT2D eigenvalue weighted by molar-refractivity contribution is 5.77. The number of hydrogen-bond donors (Lipinski definition) is 2. The Morgan fingerprint density at radius 2 is 1.40 bits per heavy atom. The van der Waals surface area contributed by atoms with Crippen LogP contribution >= 0.6 is 0 Å². The number of nitrogens with one attached hydrogen (secondary N) is 1. The Labute approximate surface area is 119 Å². The van der Waals surface area contributed by atoms with E-state index in [0.717, 1.165) is 0 Å². The van der Waals surface area contributed by atoms with E-state index in [1.807, 2.05) is 0 Å². The van der Waals surface area contributed by atoms with Crippen molar-refractivity contribution in [1.82, 2.24) is 5.32 Å². The number of carbonyl (C=O) groups is 1. The summed E-state index contributed by atoms with van der Waals surface area (Å²) >= 11 is 0. The minimum atomic E-state index is -0.150. The highest BCUT2D eigenvalue weighted by atomic mass is 16.6. The molecule has 120 valence electrons. The van der Waals surface area contributed by atoms with Crippen LogP contribution in [-0.4, -0.2) is 79.1 Å². The molecule has 0 aromatic rings. The molecule has 0 heterocycles. The van der Waals surface area contributed by atoms with Crippen LogP contribution in [0.1, 0.15) is 0 Å². The average molecular weight is 294 g/mol. The van der Waals surface area contributed by atoms with Gasteiger partial charge >= 0.3 is 0 Å². The third-order valence-electron chi connectivity index (χ3n) is 2.08. The fraction of sp³-hybridized carbons (Fsp3) is 0.917. The van der Waals surface area contributed by atoms with Gasteiger partial charge in [-0.2, -0.15) is 0 Å². The van der Waals surface area contributed by atoms with Crippen molar-refractivity contribution in [3.05, 3.63) is 0 Å². The van der Waals surface area contributed by atoms with Crippen molar-refractivity contribution in [1.29, 1.82) is 0 Å². The lowest BCUT2D eigenvalue weighted by molar-refractivity contribution is -0.125. The van der Waals surface area contributed by atoms with Gasteiger partial charge in [-0.1, -0.05) is 0 Å². The fourth-order valence-corrected chi connectivity index (χ4v) is 1.19. The van der Waals surface area contributed by atoms with Crippen molar-refractivity contribution < 1.29 is 28.5 Å². The Morgan fingerprint density at radius 1 is 0.900 bits per heavy atom. The molecule has 0 bridgehead atoms. The maximum absolute atomic E-state index is 11.0. The summed E-state index contributed by atoms with van der Waals surface area (Å²) in [6, 6.07) is 0. The molecule has 0 aromatic carbocycles. The number of hydrogen-bond acceptors (Lipinski definition) is 7. The van der Waals surface area contributed by atoms with Crippen LogP contribution in [0.25, 0.3) is 0 Å². The highest BCUT2D eigenvalue weighted by Gasteiger charge is 1.97. The summed E-state index contributed by atoms with van der Waals surface area (Å²) in [5.41, 5.74) is 5.14. The van der Waals surface area contributed by atoms with Gasteiger partial charge in [-0.05, 0) is 0 Å². The first kappa shape index (κ1) is 19.2. The molecule has 0 radical (unpaired) electrons. The molecule has 1 amide bonds. The van der Waals surface area contributed by atoms with Gasteiger partial charge in [0.2, 0.25) is 5.91 Å². The summed E-state index contributed by atoms with van der Waals surface area (Å²) in [6.07, 6.45) is 0. The molecule has 8 heteroatoms. The van der Waals surface area contributed by atoms with E-state index in [2.05, 4.69) is 10.1 Å². The Bertz CT molecular complexity index is 218. The molecule has 0 spiro atoms. The molecule has 0 aromatic heterocycles. The van der Waals surface area contributed by atoms with Gasteiger partial charge in [0.1, 0.15) is 6.61 Å². The van der Waals surface area contributed by atoms with Crippen molar-refractivity contribution in [2.24, 2.45) is 5.73 Å². The molecule has 0 atom stereocenters. The fourth-order valence-electron chi connectivity index (χ4n) is 1.19. The van der Waals surface area contributed by atoms with E-state index in [4.69, 9.17) is 24.7 Å². The second-order valence-corrected chi connectivity index (χ2v) is 3.69. The zero-order valence-electron chi connectivity index (χ0n) is 12.1. The van der Waals surface area contributed by atoms with Crippen LogP contribution in [-0.2, 0) is 28.5 Å². The van der Waals surface area contributed by atoms with Gasteiger partial charge in [0.25, 0.3) is 0 Å². The first-order chi connectivity index (χ1) is 9.81. The minimum absolute atomic E-state index is 0.0689. The largest absolute Gasteiger partial charge is 0.377 e. The lowest BCUT2D eigenvalue weighted by Crippen LogP contribution is -2.30. The summed E-state index contributed by atoms with van der Waals surface area (Å²) in [7, 11) is 1.47. The Morgan fingerprint density at radius 3 is 1.90 bits per heavy atom. The van der Waals surface area contributed by atoms with Crippen LogP contribution in [0.5, 0.6) is 0 Å². The molecule has 0 aliphatic carbocycles. The maximum Gasteiger partial charge on any atom is 0.246 e. The van der Waals surface area contributed by atoms with Gasteiger partial charge in [-0.25, -0.2) is 0 Å². The molecule has 0 aliphatic heterocycles. The number of rotatable bonds is 15. The number of ether oxygens (including phenoxy) is 5. The van der Waals surface area contributed by atoms with Gasteiger partial charge in [0, 0.05) is 13.7 Å². The van der Waals surface area contributed by atoms with Crippen LogP contribution in [0.3, 0.4) is 0 Å². The van der Waals surface area contributed by atoms with Gasteiger partial charge in [0.05, 0.1) is 53.0 Å². The molecule has 0 fully saturated rings. The van der Waals surface area contributed by atoms with Crippen molar-refractivity contribution >= 4 is 5.91 Å².